The average molecular weight is 237 g/mol. The Labute approximate surface area is 106 Å². The van der Waals surface area contributed by atoms with Gasteiger partial charge in [0.1, 0.15) is 0 Å². The summed E-state index contributed by atoms with van der Waals surface area (Å²) >= 11 is 0. The van der Waals surface area contributed by atoms with Crippen LogP contribution in [-0.2, 0) is 4.74 Å². The third-order valence-electron chi connectivity index (χ3n) is 5.35. The second-order valence-corrected chi connectivity index (χ2v) is 6.48. The molecule has 1 aliphatic carbocycles. The molecule has 1 saturated carbocycles. The highest BCUT2D eigenvalue weighted by Crippen LogP contribution is 2.36. The Bertz CT molecular complexity index is 235. The molecule has 2 heterocycles. The lowest BCUT2D eigenvalue weighted by atomic mass is 9.90. The summed E-state index contributed by atoms with van der Waals surface area (Å²) in [6, 6.07) is 1.65. The summed E-state index contributed by atoms with van der Waals surface area (Å²) in [6.45, 7) is 1.05. The minimum atomic E-state index is 0.575. The number of rotatable bonds is 3. The molecule has 3 fully saturated rings. The standard InChI is InChI=1S/C15H27NO/c1-16-13-7-8-14(16)10-15(9-13)17-11-12-5-3-2-4-6-12/h12-15H,2-11H2,1H3. The molecule has 0 amide bonds. The first kappa shape index (κ1) is 12.0. The summed E-state index contributed by atoms with van der Waals surface area (Å²) in [5.41, 5.74) is 0. The van der Waals surface area contributed by atoms with E-state index in [2.05, 4.69) is 11.9 Å². The monoisotopic (exact) mass is 237 g/mol. The molecule has 2 unspecified atom stereocenters. The molecule has 17 heavy (non-hydrogen) atoms. The van der Waals surface area contributed by atoms with Gasteiger partial charge in [-0.1, -0.05) is 19.3 Å². The van der Waals surface area contributed by atoms with Gasteiger partial charge in [0.2, 0.25) is 0 Å². The molecule has 98 valence electrons. The number of hydrogen-bond acceptors (Lipinski definition) is 2. The molecule has 3 aliphatic rings. The maximum atomic E-state index is 6.22. The van der Waals surface area contributed by atoms with Crippen LogP contribution in [0.4, 0.5) is 0 Å². The molecule has 2 nitrogen and oxygen atoms in total. The normalized spacial score (nSPS) is 39.7. The molecule has 2 aliphatic heterocycles. The van der Waals surface area contributed by atoms with Gasteiger partial charge in [-0.15, -0.1) is 0 Å². The van der Waals surface area contributed by atoms with Crippen molar-refractivity contribution in [1.82, 2.24) is 4.90 Å². The Morgan fingerprint density at radius 1 is 0.941 bits per heavy atom. The summed E-state index contributed by atoms with van der Waals surface area (Å²) < 4.78 is 6.22. The molecule has 0 radical (unpaired) electrons. The average Bonchev–Trinajstić information content (AvgIpc) is 2.61. The van der Waals surface area contributed by atoms with E-state index < -0.39 is 0 Å². The Kier molecular flexibility index (Phi) is 3.72. The van der Waals surface area contributed by atoms with Crippen molar-refractivity contribution in [2.24, 2.45) is 5.92 Å². The van der Waals surface area contributed by atoms with E-state index in [0.29, 0.717) is 6.10 Å². The van der Waals surface area contributed by atoms with Gasteiger partial charge in [0.05, 0.1) is 6.10 Å². The lowest BCUT2D eigenvalue weighted by Gasteiger charge is -2.37. The molecule has 2 atom stereocenters. The zero-order valence-corrected chi connectivity index (χ0v) is 11.2. The smallest absolute Gasteiger partial charge is 0.0605 e. The van der Waals surface area contributed by atoms with Gasteiger partial charge in [0.15, 0.2) is 0 Å². The van der Waals surface area contributed by atoms with Gasteiger partial charge < -0.3 is 9.64 Å². The molecule has 2 heteroatoms. The molecule has 2 saturated heterocycles. The van der Waals surface area contributed by atoms with Crippen molar-refractivity contribution in [3.8, 4) is 0 Å². The van der Waals surface area contributed by atoms with Crippen LogP contribution in [0.25, 0.3) is 0 Å². The summed E-state index contributed by atoms with van der Waals surface area (Å²) in [7, 11) is 2.31. The first-order valence-electron chi connectivity index (χ1n) is 7.66. The van der Waals surface area contributed by atoms with Gasteiger partial charge >= 0.3 is 0 Å². The molecule has 3 rings (SSSR count). The van der Waals surface area contributed by atoms with E-state index in [1.807, 2.05) is 0 Å². The minimum absolute atomic E-state index is 0.575. The highest BCUT2D eigenvalue weighted by atomic mass is 16.5. The maximum absolute atomic E-state index is 6.22. The third kappa shape index (κ3) is 2.68. The van der Waals surface area contributed by atoms with Crippen molar-refractivity contribution in [2.75, 3.05) is 13.7 Å². The van der Waals surface area contributed by atoms with Gasteiger partial charge in [-0.2, -0.15) is 0 Å². The summed E-state index contributed by atoms with van der Waals surface area (Å²) in [5.74, 6) is 0.876. The fraction of sp³-hybridized carbons (Fsp3) is 1.00. The van der Waals surface area contributed by atoms with Crippen molar-refractivity contribution < 1.29 is 4.74 Å². The van der Waals surface area contributed by atoms with Gasteiger partial charge in [0.25, 0.3) is 0 Å². The van der Waals surface area contributed by atoms with Crippen LogP contribution in [0.1, 0.15) is 57.8 Å². The Morgan fingerprint density at radius 2 is 1.59 bits per heavy atom. The van der Waals surface area contributed by atoms with Crippen LogP contribution in [0.2, 0.25) is 0 Å². The lowest BCUT2D eigenvalue weighted by molar-refractivity contribution is -0.0306. The van der Waals surface area contributed by atoms with Crippen molar-refractivity contribution in [3.05, 3.63) is 0 Å². The van der Waals surface area contributed by atoms with Crippen LogP contribution in [0.15, 0.2) is 0 Å². The molecular formula is C15H27NO. The van der Waals surface area contributed by atoms with Crippen LogP contribution in [0.5, 0.6) is 0 Å². The molecule has 0 aromatic carbocycles. The topological polar surface area (TPSA) is 12.5 Å². The quantitative estimate of drug-likeness (QED) is 0.747. The summed E-state index contributed by atoms with van der Waals surface area (Å²) in [5, 5.41) is 0. The van der Waals surface area contributed by atoms with E-state index in [1.165, 1.54) is 57.8 Å². The first-order valence-corrected chi connectivity index (χ1v) is 7.66. The van der Waals surface area contributed by atoms with Crippen molar-refractivity contribution in [2.45, 2.75) is 76.0 Å². The molecule has 0 aromatic heterocycles. The molecule has 0 N–H and O–H groups in total. The van der Waals surface area contributed by atoms with E-state index in [4.69, 9.17) is 4.74 Å². The first-order chi connectivity index (χ1) is 8.33. The SMILES string of the molecule is CN1C2CCC1CC(OCC1CCCCC1)C2. The summed E-state index contributed by atoms with van der Waals surface area (Å²) in [6.07, 6.45) is 13.1. The molecule has 2 bridgehead atoms. The Hall–Kier alpha value is -0.0800. The van der Waals surface area contributed by atoms with Gasteiger partial charge in [-0.3, -0.25) is 0 Å². The van der Waals surface area contributed by atoms with Crippen molar-refractivity contribution >= 4 is 0 Å². The van der Waals surface area contributed by atoms with Gasteiger partial charge in [-0.25, -0.2) is 0 Å². The maximum Gasteiger partial charge on any atom is 0.0605 e. The van der Waals surface area contributed by atoms with E-state index in [1.54, 1.807) is 0 Å². The molecular weight excluding hydrogens is 210 g/mol. The number of piperidine rings is 1. The second-order valence-electron chi connectivity index (χ2n) is 6.48. The zero-order valence-electron chi connectivity index (χ0n) is 11.2. The third-order valence-corrected chi connectivity index (χ3v) is 5.35. The number of hydrogen-bond donors (Lipinski definition) is 0. The summed E-state index contributed by atoms with van der Waals surface area (Å²) in [4.78, 5) is 2.60. The predicted octanol–water partition coefficient (Wildman–Crippen LogP) is 3.21. The largest absolute Gasteiger partial charge is 0.378 e. The Morgan fingerprint density at radius 3 is 2.24 bits per heavy atom. The van der Waals surface area contributed by atoms with Crippen LogP contribution < -0.4 is 0 Å². The van der Waals surface area contributed by atoms with E-state index in [9.17, 15) is 0 Å². The van der Waals surface area contributed by atoms with Crippen molar-refractivity contribution in [3.63, 3.8) is 0 Å². The number of ether oxygens (including phenoxy) is 1. The highest BCUT2D eigenvalue weighted by molar-refractivity contribution is 4.94. The van der Waals surface area contributed by atoms with Crippen LogP contribution >= 0.6 is 0 Å². The number of fused-ring (bicyclic) bond motifs is 2. The van der Waals surface area contributed by atoms with Gasteiger partial charge in [-0.05, 0) is 51.5 Å². The fourth-order valence-electron chi connectivity index (χ4n) is 4.12. The predicted molar refractivity (Wildman–Crippen MR) is 70.1 cm³/mol. The fourth-order valence-corrected chi connectivity index (χ4v) is 4.12. The van der Waals surface area contributed by atoms with Crippen LogP contribution in [0, 0.1) is 5.92 Å². The van der Waals surface area contributed by atoms with Gasteiger partial charge in [0, 0.05) is 18.7 Å². The van der Waals surface area contributed by atoms with E-state index >= 15 is 0 Å². The zero-order chi connectivity index (χ0) is 11.7. The highest BCUT2D eigenvalue weighted by Gasteiger charge is 2.38. The Balaban J connectivity index is 1.44. The van der Waals surface area contributed by atoms with E-state index in [0.717, 1.165) is 24.6 Å². The van der Waals surface area contributed by atoms with Crippen LogP contribution in [0.3, 0.4) is 0 Å². The minimum Gasteiger partial charge on any atom is -0.378 e. The lowest BCUT2D eigenvalue weighted by Crippen LogP contribution is -2.43. The van der Waals surface area contributed by atoms with E-state index in [-0.39, 0.29) is 0 Å². The van der Waals surface area contributed by atoms with Crippen LogP contribution in [-0.4, -0.2) is 36.7 Å². The second kappa shape index (κ2) is 5.27. The number of nitrogens with zero attached hydrogens (tertiary/aromatic N) is 1. The molecule has 0 aromatic rings. The molecule has 0 spiro atoms. The van der Waals surface area contributed by atoms with Crippen molar-refractivity contribution in [1.29, 1.82) is 0 Å².